The van der Waals surface area contributed by atoms with Crippen molar-refractivity contribution in [2.24, 2.45) is 0 Å². The zero-order chi connectivity index (χ0) is 20.5. The Morgan fingerprint density at radius 3 is 2.32 bits per heavy atom. The number of hydrogen-bond donors (Lipinski definition) is 2. The Bertz CT molecular complexity index is 803. The lowest BCUT2D eigenvalue weighted by Gasteiger charge is -2.15. The highest BCUT2D eigenvalue weighted by molar-refractivity contribution is 5.76. The van der Waals surface area contributed by atoms with Crippen molar-refractivity contribution in [3.05, 3.63) is 53.6 Å². The fourth-order valence-electron chi connectivity index (χ4n) is 2.69. The van der Waals surface area contributed by atoms with Crippen LogP contribution in [0.4, 0.5) is 0 Å². The number of carbonyl (C=O) groups excluding carboxylic acids is 1. The van der Waals surface area contributed by atoms with Crippen molar-refractivity contribution < 1.29 is 28.9 Å². The van der Waals surface area contributed by atoms with E-state index >= 15 is 0 Å². The lowest BCUT2D eigenvalue weighted by Crippen LogP contribution is -2.26. The van der Waals surface area contributed by atoms with E-state index in [1.165, 1.54) is 0 Å². The van der Waals surface area contributed by atoms with Gasteiger partial charge in [0.1, 0.15) is 5.75 Å². The number of rotatable bonds is 10. The van der Waals surface area contributed by atoms with Crippen LogP contribution < -0.4 is 19.5 Å². The molecule has 150 valence electrons. The molecule has 0 aliphatic heterocycles. The average Bonchev–Trinajstić information content (AvgIpc) is 2.70. The van der Waals surface area contributed by atoms with Crippen molar-refractivity contribution in [2.45, 2.75) is 25.8 Å². The minimum absolute atomic E-state index is 0.0616. The van der Waals surface area contributed by atoms with Crippen molar-refractivity contribution >= 4 is 11.9 Å². The average molecular weight is 387 g/mol. The molecule has 0 aliphatic rings. The largest absolute Gasteiger partial charge is 0.493 e. The third kappa shape index (κ3) is 6.19. The van der Waals surface area contributed by atoms with Crippen LogP contribution in [0.1, 0.15) is 30.5 Å². The van der Waals surface area contributed by atoms with Gasteiger partial charge in [-0.3, -0.25) is 4.79 Å². The van der Waals surface area contributed by atoms with E-state index in [4.69, 9.17) is 19.3 Å². The lowest BCUT2D eigenvalue weighted by molar-refractivity contribution is -0.139. The molecule has 0 saturated heterocycles. The minimum Gasteiger partial charge on any atom is -0.493 e. The Labute approximate surface area is 164 Å². The predicted molar refractivity (Wildman–Crippen MR) is 104 cm³/mol. The van der Waals surface area contributed by atoms with Crippen molar-refractivity contribution in [1.82, 2.24) is 5.32 Å². The molecule has 1 atom stereocenters. The number of methoxy groups -OCH3 is 2. The minimum atomic E-state index is -1.03. The summed E-state index contributed by atoms with van der Waals surface area (Å²) in [6, 6.07) is 12.4. The highest BCUT2D eigenvalue weighted by atomic mass is 16.5. The first-order valence-electron chi connectivity index (χ1n) is 8.87. The number of ether oxygens (including phenoxy) is 3. The molecule has 2 N–H and O–H groups in total. The molecule has 0 spiro atoms. The molecule has 2 rings (SSSR count). The summed E-state index contributed by atoms with van der Waals surface area (Å²) >= 11 is 0. The second-order valence-electron chi connectivity index (χ2n) is 6.23. The molecule has 1 unspecified atom stereocenters. The molecular formula is C21H25NO6. The summed E-state index contributed by atoms with van der Waals surface area (Å²) in [5.74, 6) is 0.671. The van der Waals surface area contributed by atoms with Crippen LogP contribution in [0.25, 0.3) is 0 Å². The van der Waals surface area contributed by atoms with Gasteiger partial charge in [-0.2, -0.15) is 0 Å². The van der Waals surface area contributed by atoms with Gasteiger partial charge in [-0.15, -0.1) is 0 Å². The van der Waals surface area contributed by atoms with Crippen LogP contribution in [0.3, 0.4) is 0 Å². The molecule has 2 aromatic carbocycles. The summed E-state index contributed by atoms with van der Waals surface area (Å²) < 4.78 is 15.6. The molecule has 0 heterocycles. The van der Waals surface area contributed by atoms with Crippen molar-refractivity contribution in [1.29, 1.82) is 0 Å². The van der Waals surface area contributed by atoms with E-state index in [1.807, 2.05) is 25.1 Å². The number of nitrogens with one attached hydrogen (secondary N) is 1. The smallest absolute Gasteiger partial charge is 0.341 e. The first-order chi connectivity index (χ1) is 13.4. The van der Waals surface area contributed by atoms with Crippen LogP contribution in [0.15, 0.2) is 42.5 Å². The fraction of sp³-hybridized carbons (Fsp3) is 0.333. The summed E-state index contributed by atoms with van der Waals surface area (Å²) in [6.45, 7) is 1.50. The van der Waals surface area contributed by atoms with Crippen LogP contribution in [-0.2, 0) is 16.0 Å². The van der Waals surface area contributed by atoms with Gasteiger partial charge >= 0.3 is 5.97 Å². The Hall–Kier alpha value is -3.22. The monoisotopic (exact) mass is 387 g/mol. The Morgan fingerprint density at radius 1 is 1.04 bits per heavy atom. The second-order valence-corrected chi connectivity index (χ2v) is 6.23. The van der Waals surface area contributed by atoms with Gasteiger partial charge in [-0.25, -0.2) is 4.79 Å². The molecule has 0 saturated carbocycles. The van der Waals surface area contributed by atoms with E-state index in [2.05, 4.69) is 5.32 Å². The van der Waals surface area contributed by atoms with Gasteiger partial charge in [0.15, 0.2) is 18.1 Å². The number of carboxylic acid groups (broad SMARTS) is 1. The third-order valence-electron chi connectivity index (χ3n) is 4.21. The van der Waals surface area contributed by atoms with E-state index in [-0.39, 0.29) is 18.6 Å². The van der Waals surface area contributed by atoms with Crippen LogP contribution in [0.2, 0.25) is 0 Å². The predicted octanol–water partition coefficient (Wildman–Crippen LogP) is 2.98. The zero-order valence-corrected chi connectivity index (χ0v) is 16.2. The molecule has 0 fully saturated rings. The molecule has 7 heteroatoms. The number of carboxylic acids is 1. The summed E-state index contributed by atoms with van der Waals surface area (Å²) in [4.78, 5) is 22.8. The van der Waals surface area contributed by atoms with Crippen LogP contribution in [0.5, 0.6) is 17.2 Å². The van der Waals surface area contributed by atoms with Gasteiger partial charge in [0.25, 0.3) is 0 Å². The molecule has 0 bridgehead atoms. The van der Waals surface area contributed by atoms with Gasteiger partial charge in [0.05, 0.1) is 20.3 Å². The van der Waals surface area contributed by atoms with Crippen LogP contribution in [0, 0.1) is 0 Å². The van der Waals surface area contributed by atoms with E-state index in [1.54, 1.807) is 38.5 Å². The number of aryl methyl sites for hydroxylation is 1. The summed E-state index contributed by atoms with van der Waals surface area (Å²) in [7, 11) is 3.16. The van der Waals surface area contributed by atoms with Gasteiger partial charge < -0.3 is 24.6 Å². The normalized spacial score (nSPS) is 11.4. The van der Waals surface area contributed by atoms with Crippen molar-refractivity contribution in [3.63, 3.8) is 0 Å². The maximum absolute atomic E-state index is 12.3. The Kier molecular flexibility index (Phi) is 7.68. The van der Waals surface area contributed by atoms with Gasteiger partial charge in [0.2, 0.25) is 5.91 Å². The summed E-state index contributed by atoms with van der Waals surface area (Å²) in [6.07, 6.45) is 0.931. The third-order valence-corrected chi connectivity index (χ3v) is 4.21. The molecule has 1 amide bonds. The van der Waals surface area contributed by atoms with E-state index in [0.29, 0.717) is 30.1 Å². The van der Waals surface area contributed by atoms with Gasteiger partial charge in [0, 0.05) is 6.42 Å². The molecule has 28 heavy (non-hydrogen) atoms. The quantitative estimate of drug-likeness (QED) is 0.651. The van der Waals surface area contributed by atoms with Crippen molar-refractivity contribution in [2.75, 3.05) is 20.8 Å². The number of carbonyl (C=O) groups is 2. The molecule has 7 nitrogen and oxygen atoms in total. The van der Waals surface area contributed by atoms with Gasteiger partial charge in [-0.1, -0.05) is 18.2 Å². The molecule has 0 aromatic heterocycles. The molecule has 0 radical (unpaired) electrons. The fourth-order valence-corrected chi connectivity index (χ4v) is 2.69. The Balaban J connectivity index is 1.86. The molecule has 0 aliphatic carbocycles. The number of aliphatic carboxylic acids is 1. The molecule has 2 aromatic rings. The Morgan fingerprint density at radius 2 is 1.71 bits per heavy atom. The SMILES string of the molecule is COc1ccc(CCC(=O)NC(C)c2ccc(OCC(=O)O)cc2)cc1OC. The number of benzene rings is 2. The second kappa shape index (κ2) is 10.2. The number of hydrogen-bond acceptors (Lipinski definition) is 5. The highest BCUT2D eigenvalue weighted by Crippen LogP contribution is 2.28. The first-order valence-corrected chi connectivity index (χ1v) is 8.87. The summed E-state index contributed by atoms with van der Waals surface area (Å²) in [5.41, 5.74) is 1.89. The van der Waals surface area contributed by atoms with E-state index in [9.17, 15) is 9.59 Å². The van der Waals surface area contributed by atoms with Gasteiger partial charge in [-0.05, 0) is 48.7 Å². The molecular weight excluding hydrogens is 362 g/mol. The highest BCUT2D eigenvalue weighted by Gasteiger charge is 2.11. The van der Waals surface area contributed by atoms with Crippen LogP contribution in [-0.4, -0.2) is 37.8 Å². The zero-order valence-electron chi connectivity index (χ0n) is 16.2. The first kappa shape index (κ1) is 21.1. The van der Waals surface area contributed by atoms with E-state index < -0.39 is 5.97 Å². The van der Waals surface area contributed by atoms with Crippen molar-refractivity contribution in [3.8, 4) is 17.2 Å². The number of amides is 1. The maximum atomic E-state index is 12.3. The van der Waals surface area contributed by atoms with E-state index in [0.717, 1.165) is 11.1 Å². The topological polar surface area (TPSA) is 94.1 Å². The standard InChI is InChI=1S/C21H25NO6/c1-14(16-6-8-17(9-7-16)28-13-21(24)25)22-20(23)11-5-15-4-10-18(26-2)19(12-15)27-3/h4,6-10,12,14H,5,11,13H2,1-3H3,(H,22,23)(H,24,25). The lowest BCUT2D eigenvalue weighted by atomic mass is 10.1. The maximum Gasteiger partial charge on any atom is 0.341 e. The summed E-state index contributed by atoms with van der Waals surface area (Å²) in [5, 5.41) is 11.6. The van der Waals surface area contributed by atoms with Crippen LogP contribution >= 0.6 is 0 Å².